The van der Waals surface area contributed by atoms with E-state index < -0.39 is 0 Å². The Labute approximate surface area is 135 Å². The molecule has 5 heteroatoms. The highest BCUT2D eigenvalue weighted by Gasteiger charge is 2.08. The van der Waals surface area contributed by atoms with Gasteiger partial charge in [-0.1, -0.05) is 26.0 Å². The van der Waals surface area contributed by atoms with Crippen molar-refractivity contribution in [3.8, 4) is 5.75 Å². The van der Waals surface area contributed by atoms with Gasteiger partial charge in [-0.25, -0.2) is 0 Å². The monoisotopic (exact) mass is 312 g/mol. The second-order valence-corrected chi connectivity index (χ2v) is 5.61. The number of rotatable bonds is 5. The van der Waals surface area contributed by atoms with Crippen LogP contribution in [0.4, 0.5) is 11.4 Å². The topological polar surface area (TPSA) is 78.4 Å². The summed E-state index contributed by atoms with van der Waals surface area (Å²) in [5.41, 5.74) is 2.18. The first kappa shape index (κ1) is 16.5. The quantitative estimate of drug-likeness (QED) is 0.793. The average Bonchev–Trinajstić information content (AvgIpc) is 2.51. The van der Waals surface area contributed by atoms with E-state index >= 15 is 0 Å². The minimum atomic E-state index is -0.144. The number of phenolic OH excluding ortho intramolecular Hbond substituents is 1. The maximum Gasteiger partial charge on any atom is 0.228 e. The molecule has 0 atom stereocenters. The maximum absolute atomic E-state index is 12.0. The normalized spacial score (nSPS) is 10.4. The number of nitrogens with one attached hydrogen (secondary N) is 2. The summed E-state index contributed by atoms with van der Waals surface area (Å²) in [4.78, 5) is 23.6. The molecule has 0 aliphatic heterocycles. The van der Waals surface area contributed by atoms with Crippen molar-refractivity contribution in [1.82, 2.24) is 0 Å². The number of amides is 2. The highest BCUT2D eigenvalue weighted by atomic mass is 16.3. The van der Waals surface area contributed by atoms with Crippen LogP contribution < -0.4 is 10.6 Å². The number of hydrogen-bond acceptors (Lipinski definition) is 3. The van der Waals surface area contributed by atoms with Crippen molar-refractivity contribution in [3.63, 3.8) is 0 Å². The fraction of sp³-hybridized carbons (Fsp3) is 0.222. The lowest BCUT2D eigenvalue weighted by atomic mass is 10.1. The second-order valence-electron chi connectivity index (χ2n) is 5.61. The largest absolute Gasteiger partial charge is 0.508 e. The third-order valence-corrected chi connectivity index (χ3v) is 3.26. The Balaban J connectivity index is 1.91. The molecular formula is C18H20N2O3. The molecule has 3 N–H and O–H groups in total. The van der Waals surface area contributed by atoms with Crippen molar-refractivity contribution >= 4 is 23.2 Å². The number of hydrogen-bond donors (Lipinski definition) is 3. The van der Waals surface area contributed by atoms with E-state index in [1.54, 1.807) is 48.5 Å². The van der Waals surface area contributed by atoms with Gasteiger partial charge in [0.1, 0.15) is 5.75 Å². The average molecular weight is 312 g/mol. The van der Waals surface area contributed by atoms with E-state index in [4.69, 9.17) is 0 Å². The summed E-state index contributed by atoms with van der Waals surface area (Å²) < 4.78 is 0. The zero-order chi connectivity index (χ0) is 16.8. The molecule has 5 nitrogen and oxygen atoms in total. The summed E-state index contributed by atoms with van der Waals surface area (Å²) >= 11 is 0. The van der Waals surface area contributed by atoms with Crippen molar-refractivity contribution in [2.45, 2.75) is 20.3 Å². The summed E-state index contributed by atoms with van der Waals surface area (Å²) in [7, 11) is 0. The molecule has 0 fully saturated rings. The van der Waals surface area contributed by atoms with Gasteiger partial charge in [0.15, 0.2) is 0 Å². The van der Waals surface area contributed by atoms with Crippen LogP contribution in [0.5, 0.6) is 5.75 Å². The Morgan fingerprint density at radius 1 is 0.913 bits per heavy atom. The Morgan fingerprint density at radius 2 is 1.43 bits per heavy atom. The Morgan fingerprint density at radius 3 is 1.96 bits per heavy atom. The van der Waals surface area contributed by atoms with Gasteiger partial charge in [0.2, 0.25) is 11.8 Å². The number of anilines is 2. The molecule has 0 spiro atoms. The molecule has 2 amide bonds. The summed E-state index contributed by atoms with van der Waals surface area (Å²) in [6.45, 7) is 3.65. The number of phenols is 1. The minimum Gasteiger partial charge on any atom is -0.508 e. The molecule has 0 unspecified atom stereocenters. The summed E-state index contributed by atoms with van der Waals surface area (Å²) in [6, 6.07) is 13.5. The third kappa shape index (κ3) is 5.14. The second kappa shape index (κ2) is 7.45. The lowest BCUT2D eigenvalue weighted by Gasteiger charge is -2.09. The molecule has 0 radical (unpaired) electrons. The van der Waals surface area contributed by atoms with Crippen molar-refractivity contribution < 1.29 is 14.7 Å². The zero-order valence-electron chi connectivity index (χ0n) is 13.2. The van der Waals surface area contributed by atoms with Crippen LogP contribution in [0.15, 0.2) is 48.5 Å². The number of carbonyl (C=O) groups is 2. The van der Waals surface area contributed by atoms with Gasteiger partial charge in [-0.15, -0.1) is 0 Å². The molecule has 0 saturated heterocycles. The van der Waals surface area contributed by atoms with Gasteiger partial charge in [-0.05, 0) is 42.0 Å². The van der Waals surface area contributed by atoms with Gasteiger partial charge in [-0.2, -0.15) is 0 Å². The van der Waals surface area contributed by atoms with Crippen molar-refractivity contribution in [3.05, 3.63) is 54.1 Å². The van der Waals surface area contributed by atoms with E-state index in [1.807, 2.05) is 13.8 Å². The van der Waals surface area contributed by atoms with Crippen LogP contribution in [-0.2, 0) is 16.0 Å². The van der Waals surface area contributed by atoms with Crippen LogP contribution in [0, 0.1) is 5.92 Å². The van der Waals surface area contributed by atoms with Crippen LogP contribution >= 0.6 is 0 Å². The van der Waals surface area contributed by atoms with Gasteiger partial charge in [0, 0.05) is 17.3 Å². The molecule has 2 aromatic rings. The summed E-state index contributed by atoms with van der Waals surface area (Å²) in [5, 5.41) is 14.8. The van der Waals surface area contributed by atoms with Crippen molar-refractivity contribution in [2.75, 3.05) is 10.6 Å². The predicted molar refractivity (Wildman–Crippen MR) is 90.4 cm³/mol. The van der Waals surface area contributed by atoms with E-state index in [0.717, 1.165) is 5.56 Å². The SMILES string of the molecule is CC(C)C(=O)Nc1ccc(NC(=O)Cc2ccc(O)cc2)cc1. The minimum absolute atomic E-state index is 0.0471. The fourth-order valence-corrected chi connectivity index (χ4v) is 1.93. The van der Waals surface area contributed by atoms with Gasteiger partial charge in [0.05, 0.1) is 6.42 Å². The van der Waals surface area contributed by atoms with Crippen molar-refractivity contribution in [2.24, 2.45) is 5.92 Å². The van der Waals surface area contributed by atoms with E-state index in [0.29, 0.717) is 11.4 Å². The Bertz CT molecular complexity index is 676. The van der Waals surface area contributed by atoms with E-state index in [2.05, 4.69) is 10.6 Å². The molecule has 0 saturated carbocycles. The Hall–Kier alpha value is -2.82. The molecule has 2 rings (SSSR count). The third-order valence-electron chi connectivity index (χ3n) is 3.26. The fourth-order valence-electron chi connectivity index (χ4n) is 1.93. The van der Waals surface area contributed by atoms with Crippen molar-refractivity contribution in [1.29, 1.82) is 0 Å². The first-order chi connectivity index (χ1) is 10.9. The molecule has 0 aromatic heterocycles. The van der Waals surface area contributed by atoms with E-state index in [-0.39, 0.29) is 29.9 Å². The van der Waals surface area contributed by atoms with Crippen LogP contribution in [-0.4, -0.2) is 16.9 Å². The van der Waals surface area contributed by atoms with Gasteiger partial charge >= 0.3 is 0 Å². The highest BCUT2D eigenvalue weighted by molar-refractivity contribution is 5.94. The molecule has 2 aromatic carbocycles. The molecule has 0 aliphatic rings. The lowest BCUT2D eigenvalue weighted by molar-refractivity contribution is -0.119. The van der Waals surface area contributed by atoms with Gasteiger partial charge < -0.3 is 15.7 Å². The molecule has 0 heterocycles. The van der Waals surface area contributed by atoms with Crippen LogP contribution in [0.25, 0.3) is 0 Å². The predicted octanol–water partition coefficient (Wildman–Crippen LogP) is 3.17. The smallest absolute Gasteiger partial charge is 0.228 e. The standard InChI is InChI=1S/C18H20N2O3/c1-12(2)18(23)20-15-7-5-14(6-8-15)19-17(22)11-13-3-9-16(21)10-4-13/h3-10,12,21H,11H2,1-2H3,(H,19,22)(H,20,23). The summed E-state index contributed by atoms with van der Waals surface area (Å²) in [6.07, 6.45) is 0.228. The van der Waals surface area contributed by atoms with E-state index in [1.165, 1.54) is 0 Å². The number of benzene rings is 2. The summed E-state index contributed by atoms with van der Waals surface area (Å²) in [5.74, 6) is -0.100. The van der Waals surface area contributed by atoms with Gasteiger partial charge in [0.25, 0.3) is 0 Å². The molecule has 23 heavy (non-hydrogen) atoms. The highest BCUT2D eigenvalue weighted by Crippen LogP contribution is 2.15. The Kier molecular flexibility index (Phi) is 5.36. The number of carbonyl (C=O) groups excluding carboxylic acids is 2. The molecule has 0 aliphatic carbocycles. The van der Waals surface area contributed by atoms with Crippen LogP contribution in [0.2, 0.25) is 0 Å². The maximum atomic E-state index is 12.0. The van der Waals surface area contributed by atoms with Gasteiger partial charge in [-0.3, -0.25) is 9.59 Å². The lowest BCUT2D eigenvalue weighted by Crippen LogP contribution is -2.18. The molecular weight excluding hydrogens is 292 g/mol. The first-order valence-electron chi connectivity index (χ1n) is 7.43. The molecule has 0 bridgehead atoms. The van der Waals surface area contributed by atoms with E-state index in [9.17, 15) is 14.7 Å². The van der Waals surface area contributed by atoms with Crippen LogP contribution in [0.3, 0.4) is 0 Å². The number of aromatic hydroxyl groups is 1. The molecule has 120 valence electrons. The first-order valence-corrected chi connectivity index (χ1v) is 7.43. The zero-order valence-corrected chi connectivity index (χ0v) is 13.2. The van der Waals surface area contributed by atoms with Crippen LogP contribution in [0.1, 0.15) is 19.4 Å².